The summed E-state index contributed by atoms with van der Waals surface area (Å²) in [7, 11) is 0. The second-order valence-corrected chi connectivity index (χ2v) is 11.1. The Balaban J connectivity index is 1.64. The highest BCUT2D eigenvalue weighted by atomic mass is 32.1. The Kier molecular flexibility index (Phi) is 5.49. The summed E-state index contributed by atoms with van der Waals surface area (Å²) in [6.07, 6.45) is 6.70. The highest BCUT2D eigenvalue weighted by molar-refractivity contribution is 7.18. The average molecular weight is 452 g/mol. The third kappa shape index (κ3) is 4.16. The van der Waals surface area contributed by atoms with Crippen molar-refractivity contribution in [1.29, 1.82) is 0 Å². The van der Waals surface area contributed by atoms with E-state index in [-0.39, 0.29) is 5.41 Å². The molecule has 0 aliphatic carbocycles. The zero-order valence-corrected chi connectivity index (χ0v) is 20.7. The average Bonchev–Trinajstić information content (AvgIpc) is 3.23. The zero-order chi connectivity index (χ0) is 23.2. The molecule has 0 N–H and O–H groups in total. The lowest BCUT2D eigenvalue weighted by atomic mass is 9.82. The number of thiophene rings is 1. The molecule has 3 heterocycles. The molecule has 3 aromatic heterocycles. The topological polar surface area (TPSA) is 38.7 Å². The molecule has 3 nitrogen and oxygen atoms in total. The van der Waals surface area contributed by atoms with E-state index in [0.717, 1.165) is 28.9 Å². The van der Waals surface area contributed by atoms with E-state index < -0.39 is 0 Å². The summed E-state index contributed by atoms with van der Waals surface area (Å²) in [5, 5.41) is 5.93. The molecule has 2 aromatic carbocycles. The van der Waals surface area contributed by atoms with Crippen molar-refractivity contribution in [3.05, 3.63) is 77.7 Å². The first-order valence-corrected chi connectivity index (χ1v) is 12.4. The van der Waals surface area contributed by atoms with Gasteiger partial charge in [0.1, 0.15) is 6.33 Å². The van der Waals surface area contributed by atoms with E-state index in [1.54, 1.807) is 17.7 Å². The van der Waals surface area contributed by atoms with Crippen LogP contribution in [0, 0.1) is 5.92 Å². The van der Waals surface area contributed by atoms with Crippen LogP contribution in [-0.2, 0) is 11.8 Å². The molecule has 0 spiro atoms. The minimum absolute atomic E-state index is 0.0352. The van der Waals surface area contributed by atoms with Crippen LogP contribution in [0.2, 0.25) is 0 Å². The van der Waals surface area contributed by atoms with Crippen LogP contribution in [0.25, 0.3) is 43.4 Å². The van der Waals surface area contributed by atoms with Gasteiger partial charge in [-0.1, -0.05) is 58.9 Å². The minimum Gasteiger partial charge on any atom is -0.264 e. The van der Waals surface area contributed by atoms with Crippen LogP contribution in [0.5, 0.6) is 0 Å². The molecule has 0 aliphatic heterocycles. The molecule has 33 heavy (non-hydrogen) atoms. The number of aromatic nitrogens is 3. The first-order valence-electron chi connectivity index (χ1n) is 11.5. The summed E-state index contributed by atoms with van der Waals surface area (Å²) in [6.45, 7) is 11.3. The molecule has 4 heteroatoms. The summed E-state index contributed by atoms with van der Waals surface area (Å²) in [4.78, 5) is 13.9. The molecular weight excluding hydrogens is 422 g/mol. The summed E-state index contributed by atoms with van der Waals surface area (Å²) < 4.78 is 1.31. The fourth-order valence-corrected chi connectivity index (χ4v) is 5.59. The maximum atomic E-state index is 4.66. The number of hydrogen-bond donors (Lipinski definition) is 0. The van der Waals surface area contributed by atoms with Crippen LogP contribution in [0.3, 0.4) is 0 Å². The molecule has 0 fully saturated rings. The largest absolute Gasteiger partial charge is 0.264 e. The highest BCUT2D eigenvalue weighted by Crippen LogP contribution is 2.38. The Morgan fingerprint density at radius 1 is 0.909 bits per heavy atom. The van der Waals surface area contributed by atoms with Gasteiger partial charge in [-0.25, -0.2) is 9.97 Å². The first kappa shape index (κ1) is 21.7. The van der Waals surface area contributed by atoms with Crippen LogP contribution >= 0.6 is 11.3 Å². The van der Waals surface area contributed by atoms with Crippen LogP contribution in [0.4, 0.5) is 0 Å². The minimum atomic E-state index is 0.0352. The molecule has 0 saturated carbocycles. The number of nitrogens with zero attached hydrogens (tertiary/aromatic N) is 3. The molecule has 0 atom stereocenters. The van der Waals surface area contributed by atoms with Gasteiger partial charge in [0.2, 0.25) is 0 Å². The number of benzene rings is 2. The first-order chi connectivity index (χ1) is 15.8. The Labute approximate surface area is 199 Å². The third-order valence-electron chi connectivity index (χ3n) is 6.09. The van der Waals surface area contributed by atoms with Gasteiger partial charge >= 0.3 is 0 Å². The van der Waals surface area contributed by atoms with Crippen molar-refractivity contribution < 1.29 is 0 Å². The van der Waals surface area contributed by atoms with Gasteiger partial charge in [0.15, 0.2) is 0 Å². The number of rotatable bonds is 4. The second-order valence-electron chi connectivity index (χ2n) is 10.2. The lowest BCUT2D eigenvalue weighted by Gasteiger charge is -2.22. The van der Waals surface area contributed by atoms with Crippen molar-refractivity contribution in [2.75, 3.05) is 0 Å². The Bertz CT molecular complexity index is 1460. The van der Waals surface area contributed by atoms with Gasteiger partial charge in [0.05, 0.1) is 11.4 Å². The molecule has 5 aromatic rings. The van der Waals surface area contributed by atoms with E-state index in [2.05, 4.69) is 97.4 Å². The lowest BCUT2D eigenvalue weighted by Crippen LogP contribution is -2.12. The molecule has 0 unspecified atom stereocenters. The SMILES string of the molecule is CC(C)Cc1cncc2c(-c3cc(-c4cc(C(C)(C)C)c5ccccc5c4)ncn3)csc12. The Morgan fingerprint density at radius 3 is 2.48 bits per heavy atom. The van der Waals surface area contributed by atoms with E-state index in [0.29, 0.717) is 5.92 Å². The molecule has 0 amide bonds. The van der Waals surface area contributed by atoms with E-state index in [9.17, 15) is 0 Å². The molecule has 0 bridgehead atoms. The summed E-state index contributed by atoms with van der Waals surface area (Å²) >= 11 is 1.79. The van der Waals surface area contributed by atoms with Gasteiger partial charge in [-0.2, -0.15) is 0 Å². The van der Waals surface area contributed by atoms with Crippen molar-refractivity contribution in [1.82, 2.24) is 15.0 Å². The van der Waals surface area contributed by atoms with Gasteiger partial charge in [0, 0.05) is 39.0 Å². The van der Waals surface area contributed by atoms with Gasteiger partial charge < -0.3 is 0 Å². The van der Waals surface area contributed by atoms with Crippen molar-refractivity contribution in [3.8, 4) is 22.5 Å². The maximum absolute atomic E-state index is 4.66. The zero-order valence-electron chi connectivity index (χ0n) is 19.9. The fraction of sp³-hybridized carbons (Fsp3) is 0.276. The molecular formula is C29H29N3S. The third-order valence-corrected chi connectivity index (χ3v) is 7.16. The monoisotopic (exact) mass is 451 g/mol. The molecule has 0 aliphatic rings. The number of pyridine rings is 1. The van der Waals surface area contributed by atoms with E-state index in [1.165, 1.54) is 32.0 Å². The maximum Gasteiger partial charge on any atom is 0.116 e. The summed E-state index contributed by atoms with van der Waals surface area (Å²) in [5.74, 6) is 0.596. The lowest BCUT2D eigenvalue weighted by molar-refractivity contribution is 0.596. The predicted octanol–water partition coefficient (Wildman–Crippen LogP) is 8.07. The highest BCUT2D eigenvalue weighted by Gasteiger charge is 2.19. The van der Waals surface area contributed by atoms with Gasteiger partial charge in [-0.05, 0) is 57.9 Å². The summed E-state index contributed by atoms with van der Waals surface area (Å²) in [6, 6.07) is 15.3. The van der Waals surface area contributed by atoms with E-state index >= 15 is 0 Å². The van der Waals surface area contributed by atoms with Crippen molar-refractivity contribution in [3.63, 3.8) is 0 Å². The standard InChI is InChI=1S/C29H29N3S/c1-18(2)10-21-14-30-15-23-24(16-33-28(21)23)27-13-26(31-17-32-27)20-11-19-8-6-7-9-22(19)25(12-20)29(3,4)5/h6-9,11-18H,10H2,1-5H3. The van der Waals surface area contributed by atoms with Crippen molar-refractivity contribution >= 4 is 32.2 Å². The van der Waals surface area contributed by atoms with E-state index in [4.69, 9.17) is 0 Å². The van der Waals surface area contributed by atoms with Gasteiger partial charge in [-0.3, -0.25) is 4.98 Å². The number of hydrogen-bond acceptors (Lipinski definition) is 4. The van der Waals surface area contributed by atoms with Gasteiger partial charge in [-0.15, -0.1) is 11.3 Å². The predicted molar refractivity (Wildman–Crippen MR) is 141 cm³/mol. The summed E-state index contributed by atoms with van der Waals surface area (Å²) in [5.41, 5.74) is 6.83. The van der Waals surface area contributed by atoms with Crippen LogP contribution in [-0.4, -0.2) is 15.0 Å². The van der Waals surface area contributed by atoms with Crippen LogP contribution < -0.4 is 0 Å². The molecule has 0 radical (unpaired) electrons. The Morgan fingerprint density at radius 2 is 1.70 bits per heavy atom. The van der Waals surface area contributed by atoms with Gasteiger partial charge in [0.25, 0.3) is 0 Å². The van der Waals surface area contributed by atoms with Crippen LogP contribution in [0.1, 0.15) is 45.7 Å². The van der Waals surface area contributed by atoms with Crippen molar-refractivity contribution in [2.45, 2.75) is 46.5 Å². The molecule has 5 rings (SSSR count). The van der Waals surface area contributed by atoms with Crippen molar-refractivity contribution in [2.24, 2.45) is 5.92 Å². The quantitative estimate of drug-likeness (QED) is 0.277. The van der Waals surface area contributed by atoms with Crippen LogP contribution in [0.15, 0.2) is 66.6 Å². The Hall–Kier alpha value is -3.11. The van der Waals surface area contributed by atoms with E-state index in [1.807, 2.05) is 12.4 Å². The molecule has 166 valence electrons. The normalized spacial score (nSPS) is 12.2. The number of fused-ring (bicyclic) bond motifs is 2. The smallest absolute Gasteiger partial charge is 0.116 e. The fourth-order valence-electron chi connectivity index (χ4n) is 4.53. The molecule has 0 saturated heterocycles. The second kappa shape index (κ2) is 8.35.